The lowest BCUT2D eigenvalue weighted by Crippen LogP contribution is -2.25. The molecule has 2 aromatic carbocycles. The van der Waals surface area contributed by atoms with Crippen molar-refractivity contribution in [3.8, 4) is 17.3 Å². The van der Waals surface area contributed by atoms with Crippen molar-refractivity contribution in [2.75, 3.05) is 25.6 Å². The van der Waals surface area contributed by atoms with Crippen molar-refractivity contribution in [2.45, 2.75) is 26.1 Å². The van der Waals surface area contributed by atoms with Crippen LogP contribution in [0.2, 0.25) is 0 Å². The number of nitrogens with two attached hydrogens (primary N) is 2. The van der Waals surface area contributed by atoms with Crippen molar-refractivity contribution >= 4 is 11.6 Å². The van der Waals surface area contributed by atoms with E-state index in [1.807, 2.05) is 50.2 Å². The van der Waals surface area contributed by atoms with Crippen molar-refractivity contribution in [1.29, 1.82) is 0 Å². The number of anilines is 1. The third-order valence-corrected chi connectivity index (χ3v) is 5.94. The van der Waals surface area contributed by atoms with Gasteiger partial charge in [-0.3, -0.25) is 9.78 Å². The summed E-state index contributed by atoms with van der Waals surface area (Å²) in [5.41, 5.74) is 14.2. The maximum absolute atomic E-state index is 13.0. The zero-order valence-corrected chi connectivity index (χ0v) is 22.0. The van der Waals surface area contributed by atoms with E-state index in [2.05, 4.69) is 25.7 Å². The summed E-state index contributed by atoms with van der Waals surface area (Å²) < 4.78 is 12.7. The third-order valence-electron chi connectivity index (χ3n) is 5.94. The number of aryl methyl sites for hydroxylation is 1. The van der Waals surface area contributed by atoms with Gasteiger partial charge in [0, 0.05) is 18.9 Å². The second-order valence-electron chi connectivity index (χ2n) is 8.70. The second kappa shape index (κ2) is 12.2. The highest BCUT2D eigenvalue weighted by Gasteiger charge is 2.23. The number of nitrogens with zero attached hydrogens (tertiary/aromatic N) is 3. The van der Waals surface area contributed by atoms with Gasteiger partial charge in [0.1, 0.15) is 6.04 Å². The van der Waals surface area contributed by atoms with Gasteiger partial charge in [0.05, 0.1) is 12.8 Å². The molecule has 0 aliphatic rings. The Kier molecular flexibility index (Phi) is 8.59. The lowest BCUT2D eigenvalue weighted by molar-refractivity contribution is -0.122. The molecule has 0 aliphatic heterocycles. The molecule has 204 valence electrons. The van der Waals surface area contributed by atoms with E-state index in [0.29, 0.717) is 29.7 Å². The van der Waals surface area contributed by atoms with Crippen molar-refractivity contribution < 1.29 is 14.3 Å². The SMILES string of the molecule is CCOc1cc(C(Nc2ccc(C(N)N)cc2)c2nn(-c3ncccc3C)c(=O)[nH]2)ccc1OCC(=O)NC. The van der Waals surface area contributed by atoms with Gasteiger partial charge in [0.25, 0.3) is 5.91 Å². The molecule has 2 aromatic heterocycles. The van der Waals surface area contributed by atoms with E-state index in [-0.39, 0.29) is 12.5 Å². The van der Waals surface area contributed by atoms with E-state index in [0.717, 1.165) is 22.4 Å². The maximum atomic E-state index is 13.0. The first-order valence-electron chi connectivity index (χ1n) is 12.4. The molecule has 0 fully saturated rings. The van der Waals surface area contributed by atoms with E-state index in [4.69, 9.17) is 20.9 Å². The van der Waals surface area contributed by atoms with Crippen LogP contribution in [0, 0.1) is 6.92 Å². The van der Waals surface area contributed by atoms with Crippen LogP contribution in [-0.4, -0.2) is 45.9 Å². The van der Waals surface area contributed by atoms with E-state index < -0.39 is 17.9 Å². The van der Waals surface area contributed by atoms with Crippen molar-refractivity contribution in [2.24, 2.45) is 11.5 Å². The molecule has 39 heavy (non-hydrogen) atoms. The molecule has 4 rings (SSSR count). The van der Waals surface area contributed by atoms with E-state index in [1.165, 1.54) is 11.7 Å². The lowest BCUT2D eigenvalue weighted by atomic mass is 10.0. The summed E-state index contributed by atoms with van der Waals surface area (Å²) in [5.74, 6) is 1.36. The monoisotopic (exact) mass is 532 g/mol. The van der Waals surface area contributed by atoms with Crippen LogP contribution in [0.4, 0.5) is 5.69 Å². The number of hydrogen-bond acceptors (Lipinski definition) is 9. The number of aromatic amines is 1. The Morgan fingerprint density at radius 3 is 2.49 bits per heavy atom. The minimum atomic E-state index is -0.604. The Bertz CT molecular complexity index is 1480. The molecule has 0 radical (unpaired) electrons. The van der Waals surface area contributed by atoms with Crippen LogP contribution in [0.15, 0.2) is 65.6 Å². The molecule has 0 aliphatic carbocycles. The van der Waals surface area contributed by atoms with Gasteiger partial charge in [0.15, 0.2) is 29.7 Å². The van der Waals surface area contributed by atoms with Crippen molar-refractivity contribution in [3.05, 3.63) is 93.8 Å². The molecule has 4 aromatic rings. The highest BCUT2D eigenvalue weighted by atomic mass is 16.5. The summed E-state index contributed by atoms with van der Waals surface area (Å²) in [5, 5.41) is 10.5. The quantitative estimate of drug-likeness (QED) is 0.181. The normalized spacial score (nSPS) is 11.7. The molecule has 0 bridgehead atoms. The number of amides is 1. The molecule has 12 heteroatoms. The summed E-state index contributed by atoms with van der Waals surface area (Å²) in [4.78, 5) is 31.9. The molecule has 12 nitrogen and oxygen atoms in total. The summed E-state index contributed by atoms with van der Waals surface area (Å²) in [6, 6.07) is 15.7. The van der Waals surface area contributed by atoms with Crippen LogP contribution in [0.5, 0.6) is 11.5 Å². The molecule has 1 unspecified atom stereocenters. The maximum Gasteiger partial charge on any atom is 0.349 e. The zero-order chi connectivity index (χ0) is 27.9. The number of aromatic nitrogens is 4. The average molecular weight is 533 g/mol. The molecule has 2 heterocycles. The smallest absolute Gasteiger partial charge is 0.349 e. The van der Waals surface area contributed by atoms with Crippen LogP contribution >= 0.6 is 0 Å². The largest absolute Gasteiger partial charge is 0.490 e. The summed E-state index contributed by atoms with van der Waals surface area (Å²) in [6.07, 6.45) is 1.01. The van der Waals surface area contributed by atoms with Gasteiger partial charge < -0.3 is 31.6 Å². The Morgan fingerprint density at radius 2 is 1.82 bits per heavy atom. The minimum Gasteiger partial charge on any atom is -0.490 e. The highest BCUT2D eigenvalue weighted by molar-refractivity contribution is 5.77. The number of benzene rings is 2. The standard InChI is InChI=1S/C27H32N8O4/c1-4-38-21-14-18(9-12-20(21)39-15-22(36)30-3)23(32-19-10-7-17(8-11-19)24(28)29)25-33-27(37)35(34-25)26-16(2)6-5-13-31-26/h5-14,23-24,32H,4,15,28-29H2,1-3H3,(H,30,36)(H,33,34,37). The number of likely N-dealkylation sites (N-methyl/N-ethyl adjacent to an activating group) is 1. The Hall–Kier alpha value is -4.68. The van der Waals surface area contributed by atoms with E-state index in [9.17, 15) is 9.59 Å². The second-order valence-corrected chi connectivity index (χ2v) is 8.70. The van der Waals surface area contributed by atoms with Gasteiger partial charge in [-0.05, 0) is 60.9 Å². The first kappa shape index (κ1) is 27.4. The minimum absolute atomic E-state index is 0.158. The number of H-pyrrole nitrogens is 1. The highest BCUT2D eigenvalue weighted by Crippen LogP contribution is 2.34. The fraction of sp³-hybridized carbons (Fsp3) is 0.259. The Morgan fingerprint density at radius 1 is 1.08 bits per heavy atom. The fourth-order valence-corrected chi connectivity index (χ4v) is 3.90. The van der Waals surface area contributed by atoms with Gasteiger partial charge in [-0.1, -0.05) is 24.3 Å². The Balaban J connectivity index is 1.76. The molecular weight excluding hydrogens is 500 g/mol. The van der Waals surface area contributed by atoms with E-state index in [1.54, 1.807) is 24.4 Å². The third kappa shape index (κ3) is 6.43. The molecule has 1 atom stereocenters. The lowest BCUT2D eigenvalue weighted by Gasteiger charge is -2.20. The topological polar surface area (TPSA) is 175 Å². The van der Waals surface area contributed by atoms with Gasteiger partial charge in [-0.15, -0.1) is 5.10 Å². The molecule has 0 saturated heterocycles. The number of ether oxygens (including phenoxy) is 2. The number of hydrogen-bond donors (Lipinski definition) is 5. The zero-order valence-electron chi connectivity index (χ0n) is 22.0. The predicted molar refractivity (Wildman–Crippen MR) is 147 cm³/mol. The molecule has 7 N–H and O–H groups in total. The summed E-state index contributed by atoms with van der Waals surface area (Å²) in [7, 11) is 1.54. The fourth-order valence-electron chi connectivity index (χ4n) is 3.90. The van der Waals surface area contributed by atoms with Gasteiger partial charge >= 0.3 is 5.69 Å². The average Bonchev–Trinajstić information content (AvgIpc) is 3.32. The molecular formula is C27H32N8O4. The Labute approximate surface area is 225 Å². The van der Waals surface area contributed by atoms with Crippen LogP contribution < -0.4 is 37.3 Å². The van der Waals surface area contributed by atoms with Crippen LogP contribution in [0.3, 0.4) is 0 Å². The first-order chi connectivity index (χ1) is 18.8. The summed E-state index contributed by atoms with van der Waals surface area (Å²) >= 11 is 0. The van der Waals surface area contributed by atoms with Crippen LogP contribution in [-0.2, 0) is 4.79 Å². The molecule has 0 spiro atoms. The summed E-state index contributed by atoms with van der Waals surface area (Å²) in [6.45, 7) is 3.93. The first-order valence-corrected chi connectivity index (χ1v) is 12.4. The number of carbonyl (C=O) groups excluding carboxylic acids is 1. The van der Waals surface area contributed by atoms with Crippen molar-refractivity contribution in [3.63, 3.8) is 0 Å². The number of carbonyl (C=O) groups is 1. The van der Waals surface area contributed by atoms with Crippen LogP contribution in [0.1, 0.15) is 41.6 Å². The number of nitrogens with one attached hydrogen (secondary N) is 3. The number of pyridine rings is 1. The van der Waals surface area contributed by atoms with Gasteiger partial charge in [-0.2, -0.15) is 4.68 Å². The number of rotatable bonds is 11. The molecule has 0 saturated carbocycles. The van der Waals surface area contributed by atoms with Crippen LogP contribution in [0.25, 0.3) is 5.82 Å². The van der Waals surface area contributed by atoms with Gasteiger partial charge in [0.2, 0.25) is 0 Å². The van der Waals surface area contributed by atoms with Gasteiger partial charge in [-0.25, -0.2) is 9.78 Å². The van der Waals surface area contributed by atoms with Crippen molar-refractivity contribution in [1.82, 2.24) is 25.1 Å². The molecule has 1 amide bonds. The van der Waals surface area contributed by atoms with E-state index >= 15 is 0 Å². The predicted octanol–water partition coefficient (Wildman–Crippen LogP) is 1.91.